The Morgan fingerprint density at radius 1 is 1.10 bits per heavy atom. The molecule has 0 amide bonds. The molecule has 1 heterocycles. The Morgan fingerprint density at radius 3 is 2.38 bits per heavy atom. The minimum absolute atomic E-state index is 0.161. The summed E-state index contributed by atoms with van der Waals surface area (Å²) in [6, 6.07) is 6.55. The minimum Gasteiger partial charge on any atom is -0.370 e. The summed E-state index contributed by atoms with van der Waals surface area (Å²) in [7, 11) is 0. The van der Waals surface area contributed by atoms with Gasteiger partial charge in [-0.2, -0.15) is 13.2 Å². The van der Waals surface area contributed by atoms with E-state index in [9.17, 15) is 13.2 Å². The maximum absolute atomic E-state index is 12.9. The van der Waals surface area contributed by atoms with Gasteiger partial charge >= 0.3 is 6.18 Å². The van der Waals surface area contributed by atoms with Gasteiger partial charge in [0.25, 0.3) is 0 Å². The summed E-state index contributed by atoms with van der Waals surface area (Å²) in [4.78, 5) is 4.16. The molecule has 0 radical (unpaired) electrons. The van der Waals surface area contributed by atoms with Crippen LogP contribution in [0.1, 0.15) is 12.5 Å². The van der Waals surface area contributed by atoms with Crippen LogP contribution in [0.15, 0.2) is 30.3 Å². The zero-order valence-corrected chi connectivity index (χ0v) is 12.4. The number of rotatable bonds is 3. The van der Waals surface area contributed by atoms with Crippen LogP contribution in [-0.2, 0) is 6.18 Å². The summed E-state index contributed by atoms with van der Waals surface area (Å²) in [5, 5.41) is 3.38. The number of hydrogen-bond donors (Lipinski definition) is 1. The third-order valence-electron chi connectivity index (χ3n) is 2.73. The number of pyridine rings is 1. The fraction of sp³-hybridized carbons (Fsp3) is 0.214. The van der Waals surface area contributed by atoms with Crippen molar-refractivity contribution < 1.29 is 13.2 Å². The molecule has 1 aromatic carbocycles. The Kier molecular flexibility index (Phi) is 4.64. The Balaban J connectivity index is 2.56. The van der Waals surface area contributed by atoms with Crippen LogP contribution in [0.5, 0.6) is 0 Å². The second-order valence-electron chi connectivity index (χ2n) is 4.28. The number of nitrogens with zero attached hydrogens (tertiary/aromatic N) is 1. The van der Waals surface area contributed by atoms with Gasteiger partial charge in [0, 0.05) is 12.1 Å². The van der Waals surface area contributed by atoms with E-state index in [0.29, 0.717) is 17.1 Å². The zero-order chi connectivity index (χ0) is 15.6. The first-order valence-electron chi connectivity index (χ1n) is 6.10. The van der Waals surface area contributed by atoms with Gasteiger partial charge in [-0.3, -0.25) is 0 Å². The van der Waals surface area contributed by atoms with Crippen LogP contribution in [-0.4, -0.2) is 11.5 Å². The number of halogens is 5. The van der Waals surface area contributed by atoms with E-state index in [-0.39, 0.29) is 16.5 Å². The molecule has 21 heavy (non-hydrogen) atoms. The lowest BCUT2D eigenvalue weighted by atomic mass is 10.1. The fourth-order valence-corrected chi connectivity index (χ4v) is 2.07. The van der Waals surface area contributed by atoms with Crippen molar-refractivity contribution in [1.29, 1.82) is 0 Å². The van der Waals surface area contributed by atoms with Crippen LogP contribution in [0.4, 0.5) is 19.0 Å². The van der Waals surface area contributed by atoms with Gasteiger partial charge in [0.05, 0.1) is 21.3 Å². The average molecular weight is 335 g/mol. The van der Waals surface area contributed by atoms with Gasteiger partial charge in [0.2, 0.25) is 0 Å². The largest absolute Gasteiger partial charge is 0.416 e. The first-order chi connectivity index (χ1) is 9.81. The van der Waals surface area contributed by atoms with Gasteiger partial charge in [-0.15, -0.1) is 0 Å². The Bertz CT molecular complexity index is 657. The molecule has 7 heteroatoms. The van der Waals surface area contributed by atoms with Gasteiger partial charge in [0.1, 0.15) is 5.82 Å². The molecule has 2 rings (SSSR count). The highest BCUT2D eigenvalue weighted by atomic mass is 35.5. The summed E-state index contributed by atoms with van der Waals surface area (Å²) < 4.78 is 38.8. The van der Waals surface area contributed by atoms with Gasteiger partial charge in [-0.05, 0) is 31.2 Å². The Hall–Kier alpha value is -1.46. The monoisotopic (exact) mass is 334 g/mol. The Labute approximate surface area is 129 Å². The molecular weight excluding hydrogens is 324 g/mol. The topological polar surface area (TPSA) is 24.9 Å². The van der Waals surface area contributed by atoms with Gasteiger partial charge < -0.3 is 5.32 Å². The Morgan fingerprint density at radius 2 is 1.81 bits per heavy atom. The van der Waals surface area contributed by atoms with Crippen molar-refractivity contribution in [2.75, 3.05) is 11.9 Å². The van der Waals surface area contributed by atoms with Crippen LogP contribution in [0.3, 0.4) is 0 Å². The first kappa shape index (κ1) is 15.9. The van der Waals surface area contributed by atoms with Gasteiger partial charge in [-0.25, -0.2) is 4.98 Å². The van der Waals surface area contributed by atoms with E-state index in [4.69, 9.17) is 23.2 Å². The number of alkyl halides is 3. The third-order valence-corrected chi connectivity index (χ3v) is 3.46. The number of anilines is 1. The molecule has 112 valence electrons. The van der Waals surface area contributed by atoms with E-state index >= 15 is 0 Å². The van der Waals surface area contributed by atoms with Crippen LogP contribution >= 0.6 is 23.2 Å². The summed E-state index contributed by atoms with van der Waals surface area (Å²) >= 11 is 11.7. The highest BCUT2D eigenvalue weighted by Crippen LogP contribution is 2.34. The first-order valence-corrected chi connectivity index (χ1v) is 6.85. The summed E-state index contributed by atoms with van der Waals surface area (Å²) in [5.41, 5.74) is -0.122. The lowest BCUT2D eigenvalue weighted by Crippen LogP contribution is -2.08. The molecule has 0 aliphatic carbocycles. The second kappa shape index (κ2) is 6.12. The molecule has 0 fully saturated rings. The van der Waals surface area contributed by atoms with E-state index < -0.39 is 11.7 Å². The minimum atomic E-state index is -4.45. The molecule has 0 aliphatic rings. The molecule has 0 saturated heterocycles. The quantitative estimate of drug-likeness (QED) is 0.800. The number of aromatic nitrogens is 1. The van der Waals surface area contributed by atoms with Crippen molar-refractivity contribution in [2.24, 2.45) is 0 Å². The van der Waals surface area contributed by atoms with E-state index in [0.717, 1.165) is 12.1 Å². The van der Waals surface area contributed by atoms with E-state index in [1.54, 1.807) is 13.0 Å². The van der Waals surface area contributed by atoms with Crippen molar-refractivity contribution in [3.8, 4) is 11.3 Å². The van der Waals surface area contributed by atoms with Crippen molar-refractivity contribution in [3.63, 3.8) is 0 Å². The predicted molar refractivity (Wildman–Crippen MR) is 78.9 cm³/mol. The maximum atomic E-state index is 12.9. The van der Waals surface area contributed by atoms with E-state index in [1.165, 1.54) is 12.1 Å². The van der Waals surface area contributed by atoms with Crippen molar-refractivity contribution in [2.45, 2.75) is 13.1 Å². The SMILES string of the molecule is CCNc1cc(C(F)(F)F)cc(-c2ccc(Cl)c(Cl)c2)n1. The molecule has 1 N–H and O–H groups in total. The van der Waals surface area contributed by atoms with Gasteiger partial charge in [-0.1, -0.05) is 29.3 Å². The second-order valence-corrected chi connectivity index (χ2v) is 5.10. The smallest absolute Gasteiger partial charge is 0.370 e. The van der Waals surface area contributed by atoms with Crippen LogP contribution in [0.25, 0.3) is 11.3 Å². The number of benzene rings is 1. The number of nitrogens with one attached hydrogen (secondary N) is 1. The van der Waals surface area contributed by atoms with Crippen molar-refractivity contribution >= 4 is 29.0 Å². The molecule has 2 nitrogen and oxygen atoms in total. The van der Waals surface area contributed by atoms with Crippen molar-refractivity contribution in [1.82, 2.24) is 4.98 Å². The van der Waals surface area contributed by atoms with Crippen LogP contribution < -0.4 is 5.32 Å². The lowest BCUT2D eigenvalue weighted by Gasteiger charge is -2.12. The van der Waals surface area contributed by atoms with Gasteiger partial charge in [0.15, 0.2) is 0 Å². The molecule has 0 atom stereocenters. The summed E-state index contributed by atoms with van der Waals surface area (Å²) in [6.45, 7) is 2.25. The fourth-order valence-electron chi connectivity index (χ4n) is 1.77. The van der Waals surface area contributed by atoms with E-state index in [2.05, 4.69) is 10.3 Å². The van der Waals surface area contributed by atoms with E-state index in [1.807, 2.05) is 0 Å². The lowest BCUT2D eigenvalue weighted by molar-refractivity contribution is -0.137. The molecule has 0 bridgehead atoms. The molecule has 2 aromatic rings. The molecule has 1 aromatic heterocycles. The molecule has 0 aliphatic heterocycles. The van der Waals surface area contributed by atoms with Crippen LogP contribution in [0, 0.1) is 0 Å². The molecule has 0 saturated carbocycles. The normalized spacial score (nSPS) is 11.5. The van der Waals surface area contributed by atoms with Crippen LogP contribution in [0.2, 0.25) is 10.0 Å². The summed E-state index contributed by atoms with van der Waals surface area (Å²) in [6.07, 6.45) is -4.45. The average Bonchev–Trinajstić information content (AvgIpc) is 2.41. The molecule has 0 unspecified atom stereocenters. The predicted octanol–water partition coefficient (Wildman–Crippen LogP) is 5.51. The molecular formula is C14H11Cl2F3N2. The zero-order valence-electron chi connectivity index (χ0n) is 10.9. The number of hydrogen-bond acceptors (Lipinski definition) is 2. The van der Waals surface area contributed by atoms with Crippen molar-refractivity contribution in [3.05, 3.63) is 45.9 Å². The highest BCUT2D eigenvalue weighted by Gasteiger charge is 2.31. The maximum Gasteiger partial charge on any atom is 0.416 e. The highest BCUT2D eigenvalue weighted by molar-refractivity contribution is 6.42. The third kappa shape index (κ3) is 3.80. The summed E-state index contributed by atoms with van der Waals surface area (Å²) in [5.74, 6) is 0.161. The standard InChI is InChI=1S/C14H11Cl2F3N2/c1-2-20-13-7-9(14(17,18)19)6-12(21-13)8-3-4-10(15)11(16)5-8/h3-7H,2H2,1H3,(H,20,21). The molecule has 0 spiro atoms.